The SMILES string of the molecule is CC(NCc1cc(C(=O)O)co1)c1nn[nH]n1. The second-order valence-corrected chi connectivity index (χ2v) is 3.48. The van der Waals surface area contributed by atoms with Gasteiger partial charge in [0, 0.05) is 0 Å². The third-order valence-electron chi connectivity index (χ3n) is 2.23. The molecule has 1 unspecified atom stereocenters. The van der Waals surface area contributed by atoms with E-state index in [-0.39, 0.29) is 11.6 Å². The Balaban J connectivity index is 1.91. The van der Waals surface area contributed by atoms with E-state index in [9.17, 15) is 4.79 Å². The first-order valence-corrected chi connectivity index (χ1v) is 4.94. The van der Waals surface area contributed by atoms with Gasteiger partial charge in [0.05, 0.1) is 18.2 Å². The van der Waals surface area contributed by atoms with E-state index in [0.717, 1.165) is 0 Å². The lowest BCUT2D eigenvalue weighted by Crippen LogP contribution is -2.19. The van der Waals surface area contributed by atoms with Crippen LogP contribution in [0.2, 0.25) is 0 Å². The van der Waals surface area contributed by atoms with Crippen molar-refractivity contribution in [2.75, 3.05) is 0 Å². The van der Waals surface area contributed by atoms with E-state index in [2.05, 4.69) is 25.9 Å². The van der Waals surface area contributed by atoms with E-state index < -0.39 is 5.97 Å². The molecule has 0 amide bonds. The number of nitrogens with zero attached hydrogens (tertiary/aromatic N) is 3. The van der Waals surface area contributed by atoms with Crippen LogP contribution in [0.3, 0.4) is 0 Å². The fourth-order valence-electron chi connectivity index (χ4n) is 1.28. The number of tetrazole rings is 1. The van der Waals surface area contributed by atoms with Crippen molar-refractivity contribution in [2.24, 2.45) is 0 Å². The Morgan fingerprint density at radius 3 is 3.12 bits per heavy atom. The van der Waals surface area contributed by atoms with Gasteiger partial charge in [0.25, 0.3) is 0 Å². The number of carboxylic acid groups (broad SMARTS) is 1. The molecule has 3 N–H and O–H groups in total. The number of furan rings is 1. The van der Waals surface area contributed by atoms with Crippen LogP contribution in [-0.2, 0) is 6.54 Å². The van der Waals surface area contributed by atoms with E-state index in [1.165, 1.54) is 12.3 Å². The van der Waals surface area contributed by atoms with Crippen molar-refractivity contribution in [3.05, 3.63) is 29.5 Å². The van der Waals surface area contributed by atoms with Crippen molar-refractivity contribution < 1.29 is 14.3 Å². The van der Waals surface area contributed by atoms with Gasteiger partial charge in [-0.1, -0.05) is 5.21 Å². The van der Waals surface area contributed by atoms with Gasteiger partial charge in [0.15, 0.2) is 5.82 Å². The van der Waals surface area contributed by atoms with Gasteiger partial charge in [-0.15, -0.1) is 10.2 Å². The summed E-state index contributed by atoms with van der Waals surface area (Å²) in [5.74, 6) is 0.0685. The molecule has 8 nitrogen and oxygen atoms in total. The molecule has 17 heavy (non-hydrogen) atoms. The van der Waals surface area contributed by atoms with E-state index >= 15 is 0 Å². The zero-order chi connectivity index (χ0) is 12.3. The average Bonchev–Trinajstić information content (AvgIpc) is 2.97. The number of hydrogen-bond donors (Lipinski definition) is 3. The molecule has 0 radical (unpaired) electrons. The number of hydrogen-bond acceptors (Lipinski definition) is 6. The fourth-order valence-corrected chi connectivity index (χ4v) is 1.28. The quantitative estimate of drug-likeness (QED) is 0.686. The smallest absolute Gasteiger partial charge is 0.338 e. The molecule has 2 aromatic heterocycles. The Morgan fingerprint density at radius 2 is 2.53 bits per heavy atom. The molecular weight excluding hydrogens is 226 g/mol. The van der Waals surface area contributed by atoms with E-state index in [4.69, 9.17) is 9.52 Å². The first kappa shape index (κ1) is 11.3. The maximum Gasteiger partial charge on any atom is 0.338 e. The molecule has 2 aromatic rings. The highest BCUT2D eigenvalue weighted by molar-refractivity contribution is 5.87. The molecule has 1 atom stereocenters. The van der Waals surface area contributed by atoms with Crippen molar-refractivity contribution in [1.82, 2.24) is 25.9 Å². The van der Waals surface area contributed by atoms with Crippen LogP contribution in [0.4, 0.5) is 0 Å². The number of carbonyl (C=O) groups is 1. The molecule has 0 aromatic carbocycles. The molecule has 2 heterocycles. The van der Waals surface area contributed by atoms with Gasteiger partial charge in [0.2, 0.25) is 0 Å². The van der Waals surface area contributed by atoms with E-state index in [1.807, 2.05) is 6.92 Å². The average molecular weight is 237 g/mol. The second-order valence-electron chi connectivity index (χ2n) is 3.48. The maximum absolute atomic E-state index is 10.6. The first-order valence-electron chi connectivity index (χ1n) is 4.94. The normalized spacial score (nSPS) is 12.5. The van der Waals surface area contributed by atoms with E-state index in [1.54, 1.807) is 0 Å². The molecule has 0 bridgehead atoms. The van der Waals surface area contributed by atoms with Gasteiger partial charge < -0.3 is 14.8 Å². The van der Waals surface area contributed by atoms with Crippen LogP contribution in [0.15, 0.2) is 16.7 Å². The summed E-state index contributed by atoms with van der Waals surface area (Å²) in [5.41, 5.74) is 0.133. The minimum absolute atomic E-state index is 0.105. The van der Waals surface area contributed by atoms with Gasteiger partial charge >= 0.3 is 5.97 Å². The van der Waals surface area contributed by atoms with Gasteiger partial charge in [0.1, 0.15) is 12.0 Å². The third-order valence-corrected chi connectivity index (χ3v) is 2.23. The highest BCUT2D eigenvalue weighted by Gasteiger charge is 2.12. The standard InChI is InChI=1S/C9H11N5O3/c1-5(8-11-13-14-12-8)10-3-7-2-6(4-17-7)9(15)16/h2,4-5,10H,3H2,1H3,(H,15,16)(H,11,12,13,14). The Morgan fingerprint density at radius 1 is 1.71 bits per heavy atom. The van der Waals surface area contributed by atoms with Crippen molar-refractivity contribution in [3.63, 3.8) is 0 Å². The Hall–Kier alpha value is -2.22. The topological polar surface area (TPSA) is 117 Å². The summed E-state index contributed by atoms with van der Waals surface area (Å²) in [4.78, 5) is 10.6. The van der Waals surface area contributed by atoms with Crippen LogP contribution in [0, 0.1) is 0 Å². The van der Waals surface area contributed by atoms with Crippen LogP contribution >= 0.6 is 0 Å². The lowest BCUT2D eigenvalue weighted by atomic mass is 10.3. The zero-order valence-electron chi connectivity index (χ0n) is 9.04. The zero-order valence-corrected chi connectivity index (χ0v) is 9.04. The molecule has 0 aliphatic carbocycles. The molecule has 90 valence electrons. The lowest BCUT2D eigenvalue weighted by Gasteiger charge is -2.07. The van der Waals surface area contributed by atoms with Crippen molar-refractivity contribution in [2.45, 2.75) is 19.5 Å². The molecule has 0 aliphatic rings. The van der Waals surface area contributed by atoms with Crippen LogP contribution < -0.4 is 5.32 Å². The summed E-state index contributed by atoms with van der Waals surface area (Å²) in [5, 5.41) is 25.3. The number of aromatic nitrogens is 4. The minimum Gasteiger partial charge on any atom is -0.478 e. The predicted molar refractivity (Wildman–Crippen MR) is 55.1 cm³/mol. The molecule has 0 fully saturated rings. The largest absolute Gasteiger partial charge is 0.478 e. The highest BCUT2D eigenvalue weighted by Crippen LogP contribution is 2.10. The van der Waals surface area contributed by atoms with Crippen molar-refractivity contribution >= 4 is 5.97 Å². The summed E-state index contributed by atoms with van der Waals surface area (Å²) in [6.07, 6.45) is 1.21. The number of H-pyrrole nitrogens is 1. The van der Waals surface area contributed by atoms with Gasteiger partial charge in [-0.25, -0.2) is 4.79 Å². The molecule has 0 saturated heterocycles. The monoisotopic (exact) mass is 237 g/mol. The fraction of sp³-hybridized carbons (Fsp3) is 0.333. The minimum atomic E-state index is -1.01. The van der Waals surface area contributed by atoms with E-state index in [0.29, 0.717) is 18.1 Å². The molecule has 8 heteroatoms. The summed E-state index contributed by atoms with van der Waals surface area (Å²) < 4.78 is 5.09. The van der Waals surface area contributed by atoms with Crippen molar-refractivity contribution in [3.8, 4) is 0 Å². The number of nitrogens with one attached hydrogen (secondary N) is 2. The highest BCUT2D eigenvalue weighted by atomic mass is 16.4. The Bertz CT molecular complexity index is 492. The molecule has 0 spiro atoms. The van der Waals surface area contributed by atoms with Gasteiger partial charge in [-0.2, -0.15) is 5.21 Å². The van der Waals surface area contributed by atoms with Crippen LogP contribution in [0.1, 0.15) is 34.9 Å². The summed E-state index contributed by atoms with van der Waals surface area (Å²) >= 11 is 0. The summed E-state index contributed by atoms with van der Waals surface area (Å²) in [7, 11) is 0. The molecular formula is C9H11N5O3. The molecule has 0 aliphatic heterocycles. The molecule has 0 saturated carbocycles. The summed E-state index contributed by atoms with van der Waals surface area (Å²) in [6.45, 7) is 2.26. The third kappa shape index (κ3) is 2.67. The first-order chi connectivity index (χ1) is 8.16. The maximum atomic E-state index is 10.6. The van der Waals surface area contributed by atoms with Crippen molar-refractivity contribution in [1.29, 1.82) is 0 Å². The number of aromatic carboxylic acids is 1. The Labute approximate surface area is 96.0 Å². The van der Waals surface area contributed by atoms with Crippen LogP contribution in [0.5, 0.6) is 0 Å². The Kier molecular flexibility index (Phi) is 3.15. The summed E-state index contributed by atoms with van der Waals surface area (Å²) in [6, 6.07) is 1.37. The van der Waals surface area contributed by atoms with Crippen LogP contribution in [-0.4, -0.2) is 31.7 Å². The number of carboxylic acids is 1. The number of aromatic amines is 1. The second kappa shape index (κ2) is 4.74. The molecule has 2 rings (SSSR count). The predicted octanol–water partition coefficient (Wildman–Crippen LogP) is 0.342. The van der Waals surface area contributed by atoms with Gasteiger partial charge in [-0.3, -0.25) is 0 Å². The number of rotatable bonds is 5. The van der Waals surface area contributed by atoms with Gasteiger partial charge in [-0.05, 0) is 13.0 Å². The van der Waals surface area contributed by atoms with Crippen LogP contribution in [0.25, 0.3) is 0 Å². The lowest BCUT2D eigenvalue weighted by molar-refractivity contribution is 0.0696.